The van der Waals surface area contributed by atoms with Crippen molar-refractivity contribution < 1.29 is 0 Å². The van der Waals surface area contributed by atoms with Gasteiger partial charge >= 0.3 is 0 Å². The molecule has 0 aliphatic rings. The van der Waals surface area contributed by atoms with Gasteiger partial charge in [-0.2, -0.15) is 0 Å². The molecule has 1 aromatic carbocycles. The molecule has 0 N–H and O–H groups in total. The highest BCUT2D eigenvalue weighted by Gasteiger charge is 2.16. The van der Waals surface area contributed by atoms with Gasteiger partial charge in [0.05, 0.1) is 0 Å². The maximum atomic E-state index is 4.87. The first-order chi connectivity index (χ1) is 10.1. The number of rotatable bonds is 3. The maximum Gasteiger partial charge on any atom is 0.165 e. The van der Waals surface area contributed by atoms with Crippen molar-refractivity contribution in [3.8, 4) is 5.69 Å². The monoisotopic (exact) mass is 279 g/mol. The Kier molecular flexibility index (Phi) is 3.50. The van der Waals surface area contributed by atoms with Crippen molar-refractivity contribution in [3.05, 3.63) is 53.5 Å². The summed E-state index contributed by atoms with van der Waals surface area (Å²) in [5.41, 5.74) is 5.34. The fourth-order valence-corrected chi connectivity index (χ4v) is 2.76. The van der Waals surface area contributed by atoms with Gasteiger partial charge < -0.3 is 0 Å². The molecule has 0 atom stereocenters. The second kappa shape index (κ2) is 5.32. The summed E-state index contributed by atoms with van der Waals surface area (Å²) in [5.74, 6) is 1.65. The zero-order valence-electron chi connectivity index (χ0n) is 13.1. The lowest BCUT2D eigenvalue weighted by atomic mass is 10.1. The molecule has 3 rings (SSSR count). The molecule has 21 heavy (non-hydrogen) atoms. The van der Waals surface area contributed by atoms with Crippen molar-refractivity contribution in [1.29, 1.82) is 0 Å². The molecule has 0 fully saturated rings. The zero-order chi connectivity index (χ0) is 15.0. The summed E-state index contributed by atoms with van der Waals surface area (Å²) in [4.78, 5) is 9.61. The Hall–Kier alpha value is -2.16. The summed E-state index contributed by atoms with van der Waals surface area (Å²) in [6.07, 6.45) is 0.948. The van der Waals surface area contributed by atoms with E-state index in [2.05, 4.69) is 55.7 Å². The van der Waals surface area contributed by atoms with E-state index in [-0.39, 0.29) is 0 Å². The fourth-order valence-electron chi connectivity index (χ4n) is 2.76. The third-order valence-corrected chi connectivity index (χ3v) is 3.61. The highest BCUT2D eigenvalue weighted by atomic mass is 15.1. The van der Waals surface area contributed by atoms with Crippen molar-refractivity contribution in [1.82, 2.24) is 14.5 Å². The van der Waals surface area contributed by atoms with Gasteiger partial charge in [0, 0.05) is 17.8 Å². The normalized spacial score (nSPS) is 11.5. The summed E-state index contributed by atoms with van der Waals surface area (Å²) in [6, 6.07) is 12.5. The Bertz CT molecular complexity index is 770. The Balaban J connectivity index is 2.32. The van der Waals surface area contributed by atoms with Crippen LogP contribution in [0.1, 0.15) is 30.9 Å². The molecule has 0 unspecified atom stereocenters. The number of fused-ring (bicyclic) bond motifs is 1. The topological polar surface area (TPSA) is 30.7 Å². The van der Waals surface area contributed by atoms with Crippen LogP contribution in [0.2, 0.25) is 0 Å². The predicted molar refractivity (Wildman–Crippen MR) is 86.9 cm³/mol. The van der Waals surface area contributed by atoms with Gasteiger partial charge in [-0.25, -0.2) is 9.97 Å². The van der Waals surface area contributed by atoms with Crippen LogP contribution in [0.5, 0.6) is 0 Å². The van der Waals surface area contributed by atoms with E-state index in [0.717, 1.165) is 34.8 Å². The van der Waals surface area contributed by atoms with E-state index >= 15 is 0 Å². The zero-order valence-corrected chi connectivity index (χ0v) is 13.1. The minimum absolute atomic E-state index is 0.561. The van der Waals surface area contributed by atoms with Crippen molar-refractivity contribution in [2.75, 3.05) is 0 Å². The largest absolute Gasteiger partial charge is 0.281 e. The number of imidazole rings is 1. The lowest BCUT2D eigenvalue weighted by molar-refractivity contribution is 0.616. The Morgan fingerprint density at radius 1 is 1.05 bits per heavy atom. The van der Waals surface area contributed by atoms with Gasteiger partial charge in [-0.15, -0.1) is 0 Å². The molecule has 0 saturated carbocycles. The molecule has 0 aliphatic heterocycles. The molecule has 3 aromatic rings. The lowest BCUT2D eigenvalue weighted by Crippen LogP contribution is -2.05. The first kappa shape index (κ1) is 13.8. The molecular weight excluding hydrogens is 258 g/mol. The molecule has 3 heteroatoms. The first-order valence-corrected chi connectivity index (χ1v) is 7.47. The van der Waals surface area contributed by atoms with Gasteiger partial charge in [0.2, 0.25) is 0 Å². The third-order valence-electron chi connectivity index (χ3n) is 3.61. The smallest absolute Gasteiger partial charge is 0.165 e. The van der Waals surface area contributed by atoms with Crippen molar-refractivity contribution in [3.63, 3.8) is 0 Å². The number of nitrogens with zero attached hydrogens (tertiary/aromatic N) is 3. The van der Waals surface area contributed by atoms with E-state index in [1.165, 1.54) is 5.56 Å². The summed E-state index contributed by atoms with van der Waals surface area (Å²) < 4.78 is 2.20. The number of para-hydroxylation sites is 1. The van der Waals surface area contributed by atoms with E-state index in [1.54, 1.807) is 0 Å². The van der Waals surface area contributed by atoms with Crippen molar-refractivity contribution in [2.45, 2.75) is 34.1 Å². The van der Waals surface area contributed by atoms with Gasteiger partial charge in [0.1, 0.15) is 11.3 Å². The molecule has 108 valence electrons. The maximum absolute atomic E-state index is 4.87. The number of benzene rings is 1. The van der Waals surface area contributed by atoms with Crippen LogP contribution in [0, 0.1) is 19.8 Å². The van der Waals surface area contributed by atoms with Crippen LogP contribution in [-0.2, 0) is 6.42 Å². The fraction of sp³-hybridized carbons (Fsp3) is 0.333. The SMILES string of the molecule is Cc1cc(C)c2nc(CC(C)C)n(-c3ccccc3)c2n1. The van der Waals surface area contributed by atoms with Crippen LogP contribution < -0.4 is 0 Å². The van der Waals surface area contributed by atoms with E-state index in [4.69, 9.17) is 9.97 Å². The van der Waals surface area contributed by atoms with Crippen LogP contribution in [-0.4, -0.2) is 14.5 Å². The molecule has 2 heterocycles. The lowest BCUT2D eigenvalue weighted by Gasteiger charge is -2.10. The number of pyridine rings is 1. The first-order valence-electron chi connectivity index (χ1n) is 7.47. The molecule has 0 radical (unpaired) electrons. The number of hydrogen-bond donors (Lipinski definition) is 0. The van der Waals surface area contributed by atoms with Crippen LogP contribution in [0.15, 0.2) is 36.4 Å². The molecule has 0 bridgehead atoms. The Morgan fingerprint density at radius 3 is 2.43 bits per heavy atom. The standard InChI is InChI=1S/C18H21N3/c1-12(2)10-16-20-17-13(3)11-14(4)19-18(17)21(16)15-8-6-5-7-9-15/h5-9,11-12H,10H2,1-4H3. The minimum Gasteiger partial charge on any atom is -0.281 e. The van der Waals surface area contributed by atoms with Crippen LogP contribution in [0.3, 0.4) is 0 Å². The average molecular weight is 279 g/mol. The molecule has 0 aliphatic carbocycles. The van der Waals surface area contributed by atoms with E-state index in [0.29, 0.717) is 5.92 Å². The van der Waals surface area contributed by atoms with Crippen LogP contribution in [0.4, 0.5) is 0 Å². The number of aryl methyl sites for hydroxylation is 2. The Labute approximate surface area is 125 Å². The third kappa shape index (κ3) is 2.56. The minimum atomic E-state index is 0.561. The average Bonchev–Trinajstić information content (AvgIpc) is 2.77. The summed E-state index contributed by atoms with van der Waals surface area (Å²) >= 11 is 0. The number of aromatic nitrogens is 3. The summed E-state index contributed by atoms with van der Waals surface area (Å²) in [6.45, 7) is 8.59. The predicted octanol–water partition coefficient (Wildman–Crippen LogP) is 4.24. The van der Waals surface area contributed by atoms with E-state index < -0.39 is 0 Å². The van der Waals surface area contributed by atoms with E-state index in [1.807, 2.05) is 13.0 Å². The highest BCUT2D eigenvalue weighted by Crippen LogP contribution is 2.24. The molecule has 2 aromatic heterocycles. The van der Waals surface area contributed by atoms with E-state index in [9.17, 15) is 0 Å². The molecule has 0 spiro atoms. The van der Waals surface area contributed by atoms with Crippen LogP contribution >= 0.6 is 0 Å². The second-order valence-electron chi connectivity index (χ2n) is 6.05. The molecule has 0 saturated heterocycles. The van der Waals surface area contributed by atoms with Gasteiger partial charge in [0.25, 0.3) is 0 Å². The highest BCUT2D eigenvalue weighted by molar-refractivity contribution is 5.78. The van der Waals surface area contributed by atoms with Crippen molar-refractivity contribution >= 4 is 11.2 Å². The van der Waals surface area contributed by atoms with Crippen LogP contribution in [0.25, 0.3) is 16.9 Å². The quantitative estimate of drug-likeness (QED) is 0.718. The second-order valence-corrected chi connectivity index (χ2v) is 6.05. The van der Waals surface area contributed by atoms with Gasteiger partial charge in [-0.3, -0.25) is 4.57 Å². The molecule has 3 nitrogen and oxygen atoms in total. The Morgan fingerprint density at radius 2 is 1.76 bits per heavy atom. The van der Waals surface area contributed by atoms with Gasteiger partial charge in [-0.05, 0) is 43.5 Å². The molecular formula is C18H21N3. The van der Waals surface area contributed by atoms with Gasteiger partial charge in [-0.1, -0.05) is 32.0 Å². The summed E-state index contributed by atoms with van der Waals surface area (Å²) in [5, 5.41) is 0. The van der Waals surface area contributed by atoms with Gasteiger partial charge in [0.15, 0.2) is 5.65 Å². The molecule has 0 amide bonds. The number of hydrogen-bond acceptors (Lipinski definition) is 2. The summed E-state index contributed by atoms with van der Waals surface area (Å²) in [7, 11) is 0. The van der Waals surface area contributed by atoms with Crippen molar-refractivity contribution in [2.24, 2.45) is 5.92 Å².